The first-order chi connectivity index (χ1) is 9.69. The topological polar surface area (TPSA) is 21.3 Å². The first kappa shape index (κ1) is 17.5. The van der Waals surface area contributed by atoms with Crippen LogP contribution in [0.25, 0.3) is 0 Å². The maximum Gasteiger partial charge on any atom is 0.120 e. The Kier molecular flexibility index (Phi) is 8.95. The summed E-state index contributed by atoms with van der Waals surface area (Å²) in [6, 6.07) is 6.67. The number of ether oxygens (including phenoxy) is 1. The third-order valence-electron chi connectivity index (χ3n) is 3.41. The number of unbranched alkanes of at least 4 members (excludes halogenated alkanes) is 3. The number of halogens is 1. The average molecular weight is 342 g/mol. The molecule has 0 spiro atoms. The Morgan fingerprint density at radius 2 is 1.95 bits per heavy atom. The van der Waals surface area contributed by atoms with Crippen LogP contribution in [0.3, 0.4) is 0 Å². The molecule has 0 radical (unpaired) electrons. The van der Waals surface area contributed by atoms with Crippen molar-refractivity contribution in [1.82, 2.24) is 5.32 Å². The Morgan fingerprint density at radius 1 is 1.15 bits per heavy atom. The van der Waals surface area contributed by atoms with Crippen molar-refractivity contribution in [2.45, 2.75) is 58.9 Å². The van der Waals surface area contributed by atoms with Crippen LogP contribution in [0.4, 0.5) is 0 Å². The standard InChI is InChI=1S/C17H28BrNO/c1-4-6-7-8-12-20-15-9-10-16(17(18)13-15)14(3)19-11-5-2/h9-10,13-14,19H,4-8,11-12H2,1-3H3. The lowest BCUT2D eigenvalue weighted by atomic mass is 10.1. The Labute approximate surface area is 132 Å². The molecule has 2 nitrogen and oxygen atoms in total. The highest BCUT2D eigenvalue weighted by Gasteiger charge is 2.09. The molecule has 0 aromatic heterocycles. The molecular weight excluding hydrogens is 314 g/mol. The van der Waals surface area contributed by atoms with Crippen molar-refractivity contribution in [2.24, 2.45) is 0 Å². The molecule has 1 unspecified atom stereocenters. The first-order valence-electron chi connectivity index (χ1n) is 7.84. The lowest BCUT2D eigenvalue weighted by Crippen LogP contribution is -2.19. The second-order valence-corrected chi connectivity index (χ2v) is 6.12. The third-order valence-corrected chi connectivity index (χ3v) is 4.09. The smallest absolute Gasteiger partial charge is 0.120 e. The van der Waals surface area contributed by atoms with Crippen molar-refractivity contribution in [3.63, 3.8) is 0 Å². The van der Waals surface area contributed by atoms with Crippen LogP contribution in [0.15, 0.2) is 22.7 Å². The van der Waals surface area contributed by atoms with E-state index in [4.69, 9.17) is 4.74 Å². The van der Waals surface area contributed by atoms with Crippen LogP contribution in [0.1, 0.15) is 64.5 Å². The van der Waals surface area contributed by atoms with Gasteiger partial charge in [-0.05, 0) is 44.0 Å². The van der Waals surface area contributed by atoms with Gasteiger partial charge in [-0.15, -0.1) is 0 Å². The minimum absolute atomic E-state index is 0.364. The molecule has 20 heavy (non-hydrogen) atoms. The molecule has 114 valence electrons. The minimum Gasteiger partial charge on any atom is -0.494 e. The zero-order valence-electron chi connectivity index (χ0n) is 13.0. The fourth-order valence-corrected chi connectivity index (χ4v) is 2.84. The molecule has 0 saturated heterocycles. The highest BCUT2D eigenvalue weighted by atomic mass is 79.9. The monoisotopic (exact) mass is 341 g/mol. The van der Waals surface area contributed by atoms with Crippen molar-refractivity contribution in [3.05, 3.63) is 28.2 Å². The van der Waals surface area contributed by atoms with E-state index >= 15 is 0 Å². The molecule has 0 saturated carbocycles. The fraction of sp³-hybridized carbons (Fsp3) is 0.647. The van der Waals surface area contributed by atoms with Gasteiger partial charge in [0, 0.05) is 10.5 Å². The normalized spacial score (nSPS) is 12.4. The quantitative estimate of drug-likeness (QED) is 0.569. The van der Waals surface area contributed by atoms with Gasteiger partial charge in [-0.25, -0.2) is 0 Å². The molecule has 0 aliphatic carbocycles. The Balaban J connectivity index is 2.46. The number of nitrogens with one attached hydrogen (secondary N) is 1. The van der Waals surface area contributed by atoms with Crippen LogP contribution in [0.2, 0.25) is 0 Å². The summed E-state index contributed by atoms with van der Waals surface area (Å²) >= 11 is 3.65. The van der Waals surface area contributed by atoms with E-state index < -0.39 is 0 Å². The number of hydrogen-bond acceptors (Lipinski definition) is 2. The highest BCUT2D eigenvalue weighted by Crippen LogP contribution is 2.27. The molecule has 1 rings (SSSR count). The zero-order chi connectivity index (χ0) is 14.8. The summed E-state index contributed by atoms with van der Waals surface area (Å²) < 4.78 is 6.92. The van der Waals surface area contributed by atoms with Gasteiger partial charge in [0.25, 0.3) is 0 Å². The molecular formula is C17H28BrNO. The van der Waals surface area contributed by atoms with Crippen molar-refractivity contribution < 1.29 is 4.74 Å². The number of hydrogen-bond donors (Lipinski definition) is 1. The van der Waals surface area contributed by atoms with Crippen LogP contribution in [0, 0.1) is 0 Å². The maximum absolute atomic E-state index is 5.80. The van der Waals surface area contributed by atoms with Crippen LogP contribution in [-0.2, 0) is 0 Å². The first-order valence-corrected chi connectivity index (χ1v) is 8.64. The Hall–Kier alpha value is -0.540. The summed E-state index contributed by atoms with van der Waals surface area (Å²) in [5, 5.41) is 3.50. The van der Waals surface area contributed by atoms with Gasteiger partial charge in [0.2, 0.25) is 0 Å². The van der Waals surface area contributed by atoms with Crippen molar-refractivity contribution in [2.75, 3.05) is 13.2 Å². The van der Waals surface area contributed by atoms with E-state index in [0.717, 1.165) is 36.2 Å². The SMILES string of the molecule is CCCCCCOc1ccc(C(C)NCCC)c(Br)c1. The van der Waals surface area contributed by atoms with Gasteiger partial charge in [-0.3, -0.25) is 0 Å². The van der Waals surface area contributed by atoms with Gasteiger partial charge in [0.15, 0.2) is 0 Å². The Bertz CT molecular complexity index is 381. The summed E-state index contributed by atoms with van der Waals surface area (Å²) in [6.07, 6.45) is 6.12. The third kappa shape index (κ3) is 6.27. The molecule has 0 fully saturated rings. The van der Waals surface area contributed by atoms with Crippen LogP contribution in [-0.4, -0.2) is 13.2 Å². The molecule has 0 amide bonds. The summed E-state index contributed by atoms with van der Waals surface area (Å²) in [4.78, 5) is 0. The molecule has 1 atom stereocenters. The average Bonchev–Trinajstić information content (AvgIpc) is 2.44. The molecule has 1 aromatic carbocycles. The van der Waals surface area contributed by atoms with E-state index in [2.05, 4.69) is 60.2 Å². The second-order valence-electron chi connectivity index (χ2n) is 5.27. The van der Waals surface area contributed by atoms with Gasteiger partial charge in [-0.2, -0.15) is 0 Å². The minimum atomic E-state index is 0.364. The predicted octanol–water partition coefficient (Wildman–Crippen LogP) is 5.47. The van der Waals surface area contributed by atoms with Crippen molar-refractivity contribution in [3.8, 4) is 5.75 Å². The molecule has 0 aliphatic rings. The summed E-state index contributed by atoms with van der Waals surface area (Å²) in [5.74, 6) is 0.958. The van der Waals surface area contributed by atoms with Gasteiger partial charge in [-0.1, -0.05) is 55.1 Å². The van der Waals surface area contributed by atoms with Crippen molar-refractivity contribution >= 4 is 15.9 Å². The van der Waals surface area contributed by atoms with Gasteiger partial charge < -0.3 is 10.1 Å². The number of benzene rings is 1. The number of rotatable bonds is 10. The lowest BCUT2D eigenvalue weighted by molar-refractivity contribution is 0.304. The van der Waals surface area contributed by atoms with Crippen LogP contribution < -0.4 is 10.1 Å². The van der Waals surface area contributed by atoms with E-state index in [-0.39, 0.29) is 0 Å². The van der Waals surface area contributed by atoms with E-state index in [0.29, 0.717) is 6.04 Å². The van der Waals surface area contributed by atoms with Crippen molar-refractivity contribution in [1.29, 1.82) is 0 Å². The van der Waals surface area contributed by atoms with Gasteiger partial charge >= 0.3 is 0 Å². The summed E-state index contributed by atoms with van der Waals surface area (Å²) in [7, 11) is 0. The van der Waals surface area contributed by atoms with Crippen LogP contribution in [0.5, 0.6) is 5.75 Å². The van der Waals surface area contributed by atoms with E-state index in [1.54, 1.807) is 0 Å². The second kappa shape index (κ2) is 10.2. The molecule has 3 heteroatoms. The molecule has 0 bridgehead atoms. The zero-order valence-corrected chi connectivity index (χ0v) is 14.6. The maximum atomic E-state index is 5.80. The van der Waals surface area contributed by atoms with Crippen LogP contribution >= 0.6 is 15.9 Å². The predicted molar refractivity (Wildman–Crippen MR) is 90.5 cm³/mol. The van der Waals surface area contributed by atoms with E-state index in [9.17, 15) is 0 Å². The molecule has 0 heterocycles. The van der Waals surface area contributed by atoms with E-state index in [1.807, 2.05) is 0 Å². The summed E-state index contributed by atoms with van der Waals surface area (Å²) in [6.45, 7) is 8.47. The molecule has 1 aromatic rings. The Morgan fingerprint density at radius 3 is 2.60 bits per heavy atom. The molecule has 1 N–H and O–H groups in total. The largest absolute Gasteiger partial charge is 0.494 e. The highest BCUT2D eigenvalue weighted by molar-refractivity contribution is 9.10. The van der Waals surface area contributed by atoms with Gasteiger partial charge in [0.1, 0.15) is 5.75 Å². The molecule has 0 aliphatic heterocycles. The summed E-state index contributed by atoms with van der Waals surface area (Å²) in [5.41, 5.74) is 1.29. The van der Waals surface area contributed by atoms with E-state index in [1.165, 1.54) is 24.8 Å². The lowest BCUT2D eigenvalue weighted by Gasteiger charge is -2.16. The van der Waals surface area contributed by atoms with Gasteiger partial charge in [0.05, 0.1) is 6.61 Å². The fourth-order valence-electron chi connectivity index (χ4n) is 2.14.